The van der Waals surface area contributed by atoms with Crippen molar-refractivity contribution in [3.8, 4) is 5.75 Å². The lowest BCUT2D eigenvalue weighted by atomic mass is 9.97. The molecule has 9 nitrogen and oxygen atoms in total. The van der Waals surface area contributed by atoms with Crippen LogP contribution in [0.4, 0.5) is 23.4 Å². The van der Waals surface area contributed by atoms with Gasteiger partial charge in [-0.25, -0.2) is 17.8 Å². The fourth-order valence-corrected chi connectivity index (χ4v) is 6.73. The molecule has 0 unspecified atom stereocenters. The number of rotatable bonds is 8. The predicted octanol–water partition coefficient (Wildman–Crippen LogP) is 3.40. The molecule has 3 N–H and O–H groups in total. The van der Waals surface area contributed by atoms with Crippen LogP contribution in [-0.4, -0.2) is 61.2 Å². The molecular weight excluding hydrogens is 542 g/mol. The van der Waals surface area contributed by atoms with Crippen molar-refractivity contribution >= 4 is 21.7 Å². The first-order valence-corrected chi connectivity index (χ1v) is 13.9. The first kappa shape index (κ1) is 29.0. The van der Waals surface area contributed by atoms with Gasteiger partial charge in [0.15, 0.2) is 16.6 Å². The lowest BCUT2D eigenvalue weighted by molar-refractivity contribution is -0.275. The topological polar surface area (TPSA) is 118 Å². The van der Waals surface area contributed by atoms with Crippen LogP contribution < -0.4 is 20.7 Å². The third-order valence-electron chi connectivity index (χ3n) is 7.01. The number of hydrogen-bond donors (Lipinski definition) is 2. The van der Waals surface area contributed by atoms with Crippen LogP contribution in [0.15, 0.2) is 35.4 Å². The van der Waals surface area contributed by atoms with Crippen LogP contribution in [0.3, 0.4) is 0 Å². The zero-order chi connectivity index (χ0) is 28.8. The molecule has 214 valence electrons. The fourth-order valence-electron chi connectivity index (χ4n) is 5.30. The van der Waals surface area contributed by atoms with Crippen molar-refractivity contribution in [2.24, 2.45) is 11.7 Å². The van der Waals surface area contributed by atoms with Gasteiger partial charge in [-0.3, -0.25) is 4.79 Å². The summed E-state index contributed by atoms with van der Waals surface area (Å²) in [5.41, 5.74) is 5.71. The van der Waals surface area contributed by atoms with Crippen molar-refractivity contribution < 1.29 is 35.5 Å². The molecule has 39 heavy (non-hydrogen) atoms. The molecule has 4 rings (SSSR count). The number of amides is 1. The second kappa shape index (κ2) is 10.5. The van der Waals surface area contributed by atoms with E-state index in [-0.39, 0.29) is 47.6 Å². The molecule has 1 amide bonds. The molecule has 2 aliphatic heterocycles. The number of halogens is 4. The van der Waals surface area contributed by atoms with Gasteiger partial charge in [-0.05, 0) is 62.4 Å². The van der Waals surface area contributed by atoms with Gasteiger partial charge < -0.3 is 20.7 Å². The van der Waals surface area contributed by atoms with Gasteiger partial charge in [0.25, 0.3) is 15.9 Å². The number of nitrogens with zero attached hydrogens (tertiary/aromatic N) is 3. The summed E-state index contributed by atoms with van der Waals surface area (Å²) in [6, 6.07) is 5.50. The van der Waals surface area contributed by atoms with E-state index in [1.807, 2.05) is 18.7 Å². The van der Waals surface area contributed by atoms with Gasteiger partial charge in [0.05, 0.1) is 5.56 Å². The summed E-state index contributed by atoms with van der Waals surface area (Å²) in [7, 11) is -4.02. The number of sulfonamides is 1. The predicted molar refractivity (Wildman–Crippen MR) is 135 cm³/mol. The number of pyridine rings is 1. The summed E-state index contributed by atoms with van der Waals surface area (Å²) in [4.78, 5) is 18.5. The van der Waals surface area contributed by atoms with E-state index in [4.69, 9.17) is 5.73 Å². The lowest BCUT2D eigenvalue weighted by Gasteiger charge is -2.34. The zero-order valence-corrected chi connectivity index (χ0v) is 22.6. The maximum Gasteiger partial charge on any atom is 0.573 e. The molecule has 0 spiro atoms. The molecule has 2 aliphatic rings. The fraction of sp³-hybridized carbons (Fsp3) is 0.520. The Balaban J connectivity index is 1.48. The first-order valence-electron chi connectivity index (χ1n) is 12.4. The highest BCUT2D eigenvalue weighted by Crippen LogP contribution is 2.38. The molecule has 14 heteroatoms. The number of nitrogens with one attached hydrogen (secondary N) is 1. The van der Waals surface area contributed by atoms with Gasteiger partial charge in [0, 0.05) is 37.8 Å². The molecule has 0 bridgehead atoms. The van der Waals surface area contributed by atoms with Crippen molar-refractivity contribution in [1.82, 2.24) is 14.6 Å². The van der Waals surface area contributed by atoms with Crippen molar-refractivity contribution in [1.29, 1.82) is 0 Å². The van der Waals surface area contributed by atoms with Crippen LogP contribution in [0.1, 0.15) is 49.5 Å². The highest BCUT2D eigenvalue weighted by atomic mass is 32.2. The summed E-state index contributed by atoms with van der Waals surface area (Å²) >= 11 is 0. The minimum atomic E-state index is -5.03. The number of aromatic nitrogens is 1. The number of carbonyl (C=O) groups is 1. The summed E-state index contributed by atoms with van der Waals surface area (Å²) < 4.78 is 83.2. The van der Waals surface area contributed by atoms with Gasteiger partial charge >= 0.3 is 6.36 Å². The van der Waals surface area contributed by atoms with E-state index in [0.29, 0.717) is 24.4 Å². The second-order valence-corrected chi connectivity index (χ2v) is 12.5. The Morgan fingerprint density at radius 2 is 1.95 bits per heavy atom. The maximum atomic E-state index is 13.7. The number of anilines is 1. The molecule has 2 fully saturated rings. The Bertz CT molecular complexity index is 1350. The smallest absolute Gasteiger partial charge is 0.403 e. The molecule has 2 saturated heterocycles. The van der Waals surface area contributed by atoms with Crippen LogP contribution in [0.2, 0.25) is 0 Å². The number of nitrogens with two attached hydrogens (primary N) is 1. The summed E-state index contributed by atoms with van der Waals surface area (Å²) in [5, 5.41) is 2.90. The Hall–Kier alpha value is -2.97. The van der Waals surface area contributed by atoms with Gasteiger partial charge in [0.2, 0.25) is 0 Å². The number of benzene rings is 1. The number of primary amides is 1. The lowest BCUT2D eigenvalue weighted by Crippen LogP contribution is -2.40. The summed E-state index contributed by atoms with van der Waals surface area (Å²) in [5.74, 6) is -2.23. The molecule has 2 aromatic rings. The van der Waals surface area contributed by atoms with E-state index >= 15 is 0 Å². The van der Waals surface area contributed by atoms with E-state index in [2.05, 4.69) is 22.0 Å². The monoisotopic (exact) mass is 573 g/mol. The van der Waals surface area contributed by atoms with E-state index in [1.54, 1.807) is 0 Å². The highest BCUT2D eigenvalue weighted by Gasteiger charge is 2.40. The largest absolute Gasteiger partial charge is 0.573 e. The van der Waals surface area contributed by atoms with Crippen molar-refractivity contribution in [2.75, 3.05) is 24.5 Å². The molecule has 2 atom stereocenters. The number of alkyl halides is 3. The van der Waals surface area contributed by atoms with Crippen LogP contribution in [-0.2, 0) is 16.6 Å². The minimum absolute atomic E-state index is 0.0744. The first-order chi connectivity index (χ1) is 18.1. The average molecular weight is 574 g/mol. The van der Waals surface area contributed by atoms with Gasteiger partial charge in [-0.15, -0.1) is 13.2 Å². The highest BCUT2D eigenvalue weighted by molar-refractivity contribution is 7.89. The zero-order valence-electron chi connectivity index (χ0n) is 21.8. The molecule has 1 aromatic carbocycles. The number of ether oxygens (including phenoxy) is 1. The van der Waals surface area contributed by atoms with E-state index in [0.717, 1.165) is 18.6 Å². The van der Waals surface area contributed by atoms with Crippen molar-refractivity contribution in [2.45, 2.75) is 63.1 Å². The Morgan fingerprint density at radius 3 is 2.56 bits per heavy atom. The second-order valence-electron chi connectivity index (χ2n) is 10.7. The maximum absolute atomic E-state index is 13.7. The summed E-state index contributed by atoms with van der Waals surface area (Å²) in [6.07, 6.45) is -3.75. The third-order valence-corrected chi connectivity index (χ3v) is 8.78. The number of hydrogen-bond acceptors (Lipinski definition) is 7. The molecule has 0 aliphatic carbocycles. The van der Waals surface area contributed by atoms with Crippen molar-refractivity contribution in [3.05, 3.63) is 47.3 Å². The van der Waals surface area contributed by atoms with Crippen LogP contribution in [0, 0.1) is 11.7 Å². The van der Waals surface area contributed by atoms with Gasteiger partial charge in [-0.1, -0.05) is 13.0 Å². The Kier molecular flexibility index (Phi) is 7.85. The SMILES string of the molecule is C[C@@H]1CN(c2nc(S(=O)(=O)N3CC[C@@H](NCc4ccc(F)c(OC(F)(F)F)c4)C3)ccc2C(N)=O)C(C)(C)C1. The van der Waals surface area contributed by atoms with Crippen LogP contribution >= 0.6 is 0 Å². The Morgan fingerprint density at radius 1 is 1.23 bits per heavy atom. The standard InChI is InChI=1S/C25H31F4N5O4S/c1-15-11-24(2,3)34(13-15)23-18(22(30)35)5-7-21(32-23)39(36,37)33-9-8-17(14-33)31-12-16-4-6-19(26)20(10-16)38-25(27,28)29/h4-7,10,15,17,31H,8-9,11-14H2,1-3H3,(H2,30,35)/t15-,17+/m0/s1. The third kappa shape index (κ3) is 6.44. The van der Waals surface area contributed by atoms with Gasteiger partial charge in [0.1, 0.15) is 5.82 Å². The van der Waals surface area contributed by atoms with Crippen LogP contribution in [0.25, 0.3) is 0 Å². The molecule has 3 heterocycles. The van der Waals surface area contributed by atoms with Crippen molar-refractivity contribution in [3.63, 3.8) is 0 Å². The van der Waals surface area contributed by atoms with Gasteiger partial charge in [-0.2, -0.15) is 4.31 Å². The number of carbonyl (C=O) groups excluding carboxylic acids is 1. The van der Waals surface area contributed by atoms with E-state index < -0.39 is 33.9 Å². The minimum Gasteiger partial charge on any atom is -0.403 e. The van der Waals surface area contributed by atoms with E-state index in [1.165, 1.54) is 22.5 Å². The van der Waals surface area contributed by atoms with E-state index in [9.17, 15) is 30.8 Å². The molecule has 1 aromatic heterocycles. The van der Waals surface area contributed by atoms with Crippen LogP contribution in [0.5, 0.6) is 5.75 Å². The molecule has 0 radical (unpaired) electrons. The molecule has 0 saturated carbocycles. The summed E-state index contributed by atoms with van der Waals surface area (Å²) in [6.45, 7) is 7.02. The average Bonchev–Trinajstić information content (AvgIpc) is 3.41. The quantitative estimate of drug-likeness (QED) is 0.465. The normalized spacial score (nSPS) is 21.9. The Labute approximate surface area is 224 Å². The molecular formula is C25H31F4N5O4S.